The first-order valence-corrected chi connectivity index (χ1v) is 7.87. The highest BCUT2D eigenvalue weighted by molar-refractivity contribution is 5.01. The Morgan fingerprint density at radius 3 is 2.72 bits per heavy atom. The Balaban J connectivity index is 1.87. The zero-order valence-electron chi connectivity index (χ0n) is 12.2. The molecule has 1 saturated carbocycles. The van der Waals surface area contributed by atoms with Gasteiger partial charge in [-0.25, -0.2) is 0 Å². The summed E-state index contributed by atoms with van der Waals surface area (Å²) in [7, 11) is 0. The summed E-state index contributed by atoms with van der Waals surface area (Å²) >= 11 is 0. The lowest BCUT2D eigenvalue weighted by Gasteiger charge is -2.48. The topological polar surface area (TPSA) is 24.5 Å². The van der Waals surface area contributed by atoms with Gasteiger partial charge >= 0.3 is 0 Å². The van der Waals surface area contributed by atoms with Crippen LogP contribution in [-0.4, -0.2) is 49.3 Å². The summed E-state index contributed by atoms with van der Waals surface area (Å²) < 4.78 is 5.49. The van der Waals surface area contributed by atoms with E-state index < -0.39 is 0 Å². The van der Waals surface area contributed by atoms with Crippen molar-refractivity contribution < 1.29 is 4.74 Å². The SMILES string of the molecule is CCOCCCN1CC(CC)NCC12CCCC2. The van der Waals surface area contributed by atoms with Crippen molar-refractivity contribution in [2.45, 2.75) is 64.0 Å². The predicted octanol–water partition coefficient (Wildman–Crippen LogP) is 2.41. The molecule has 2 rings (SSSR count). The molecule has 1 spiro atoms. The molecule has 18 heavy (non-hydrogen) atoms. The van der Waals surface area contributed by atoms with Gasteiger partial charge in [0.15, 0.2) is 0 Å². The highest BCUT2D eigenvalue weighted by atomic mass is 16.5. The van der Waals surface area contributed by atoms with E-state index >= 15 is 0 Å². The smallest absolute Gasteiger partial charge is 0.0478 e. The zero-order valence-corrected chi connectivity index (χ0v) is 12.2. The Hall–Kier alpha value is -0.120. The molecule has 1 unspecified atom stereocenters. The summed E-state index contributed by atoms with van der Waals surface area (Å²) in [5.74, 6) is 0. The van der Waals surface area contributed by atoms with Crippen molar-refractivity contribution in [3.63, 3.8) is 0 Å². The van der Waals surface area contributed by atoms with E-state index in [-0.39, 0.29) is 0 Å². The Labute approximate surface area is 112 Å². The molecule has 0 radical (unpaired) electrons. The monoisotopic (exact) mass is 254 g/mol. The number of nitrogens with zero attached hydrogens (tertiary/aromatic N) is 1. The van der Waals surface area contributed by atoms with E-state index in [0.29, 0.717) is 11.6 Å². The van der Waals surface area contributed by atoms with Crippen molar-refractivity contribution >= 4 is 0 Å². The number of hydrogen-bond acceptors (Lipinski definition) is 3. The van der Waals surface area contributed by atoms with Crippen LogP contribution in [0.25, 0.3) is 0 Å². The second-order valence-electron chi connectivity index (χ2n) is 5.91. The zero-order chi connectivity index (χ0) is 12.8. The van der Waals surface area contributed by atoms with Gasteiger partial charge in [-0.15, -0.1) is 0 Å². The van der Waals surface area contributed by atoms with Crippen molar-refractivity contribution in [2.75, 3.05) is 32.8 Å². The molecule has 0 aromatic heterocycles. The summed E-state index contributed by atoms with van der Waals surface area (Å²) in [5.41, 5.74) is 0.484. The van der Waals surface area contributed by atoms with E-state index in [4.69, 9.17) is 4.74 Å². The minimum Gasteiger partial charge on any atom is -0.382 e. The number of piperazine rings is 1. The van der Waals surface area contributed by atoms with Gasteiger partial charge in [0.1, 0.15) is 0 Å². The molecule has 1 heterocycles. The Bertz CT molecular complexity index is 239. The van der Waals surface area contributed by atoms with Crippen LogP contribution in [0.4, 0.5) is 0 Å². The van der Waals surface area contributed by atoms with Crippen molar-refractivity contribution in [1.82, 2.24) is 10.2 Å². The maximum Gasteiger partial charge on any atom is 0.0478 e. The van der Waals surface area contributed by atoms with Crippen molar-refractivity contribution in [3.05, 3.63) is 0 Å². The first-order valence-electron chi connectivity index (χ1n) is 7.87. The molecular formula is C15H30N2O. The normalized spacial score (nSPS) is 28.0. The third-order valence-corrected chi connectivity index (χ3v) is 4.78. The van der Waals surface area contributed by atoms with Gasteiger partial charge in [0, 0.05) is 44.4 Å². The molecule has 1 aliphatic heterocycles. The van der Waals surface area contributed by atoms with Crippen LogP contribution in [-0.2, 0) is 4.74 Å². The standard InChI is InChI=1S/C15H30N2O/c1-3-14-12-17(10-7-11-18-4-2)15(13-16-14)8-5-6-9-15/h14,16H,3-13H2,1-2H3. The summed E-state index contributed by atoms with van der Waals surface area (Å²) in [4.78, 5) is 2.78. The average molecular weight is 254 g/mol. The average Bonchev–Trinajstić information content (AvgIpc) is 2.86. The van der Waals surface area contributed by atoms with Crippen LogP contribution in [0.2, 0.25) is 0 Å². The first-order chi connectivity index (χ1) is 8.80. The first kappa shape index (κ1) is 14.3. The number of nitrogens with one attached hydrogen (secondary N) is 1. The molecule has 2 fully saturated rings. The van der Waals surface area contributed by atoms with E-state index in [9.17, 15) is 0 Å². The van der Waals surface area contributed by atoms with E-state index in [2.05, 4.69) is 24.1 Å². The fraction of sp³-hybridized carbons (Fsp3) is 1.00. The molecule has 1 atom stereocenters. The molecule has 106 valence electrons. The summed E-state index contributed by atoms with van der Waals surface area (Å²) in [6.45, 7) is 9.82. The maximum atomic E-state index is 5.49. The molecule has 0 aromatic carbocycles. The van der Waals surface area contributed by atoms with Crippen LogP contribution in [0.5, 0.6) is 0 Å². The van der Waals surface area contributed by atoms with Crippen LogP contribution in [0, 0.1) is 0 Å². The molecule has 1 N–H and O–H groups in total. The van der Waals surface area contributed by atoms with Gasteiger partial charge in [-0.2, -0.15) is 0 Å². The van der Waals surface area contributed by atoms with Crippen molar-refractivity contribution in [1.29, 1.82) is 0 Å². The van der Waals surface area contributed by atoms with Gasteiger partial charge in [0.2, 0.25) is 0 Å². The van der Waals surface area contributed by atoms with Crippen LogP contribution < -0.4 is 5.32 Å². The lowest BCUT2D eigenvalue weighted by molar-refractivity contribution is 0.0319. The van der Waals surface area contributed by atoms with E-state index in [0.717, 1.165) is 13.2 Å². The third-order valence-electron chi connectivity index (χ3n) is 4.78. The molecule has 0 aromatic rings. The van der Waals surface area contributed by atoms with Gasteiger partial charge in [0.25, 0.3) is 0 Å². The second kappa shape index (κ2) is 6.88. The maximum absolute atomic E-state index is 5.49. The molecule has 3 heteroatoms. The van der Waals surface area contributed by atoms with Crippen LogP contribution in [0.15, 0.2) is 0 Å². The molecule has 1 saturated heterocycles. The van der Waals surface area contributed by atoms with Gasteiger partial charge < -0.3 is 10.1 Å². The summed E-state index contributed by atoms with van der Waals surface area (Å²) in [6.07, 6.45) is 8.06. The molecule has 0 amide bonds. The third kappa shape index (κ3) is 3.25. The van der Waals surface area contributed by atoms with Crippen molar-refractivity contribution in [2.24, 2.45) is 0 Å². The van der Waals surface area contributed by atoms with E-state index in [1.807, 2.05) is 0 Å². The van der Waals surface area contributed by atoms with Gasteiger partial charge in [-0.05, 0) is 32.6 Å². The number of hydrogen-bond donors (Lipinski definition) is 1. The summed E-state index contributed by atoms with van der Waals surface area (Å²) in [5, 5.41) is 3.76. The lowest BCUT2D eigenvalue weighted by atomic mass is 9.90. The molecule has 2 aliphatic rings. The van der Waals surface area contributed by atoms with Gasteiger partial charge in [0.05, 0.1) is 0 Å². The van der Waals surface area contributed by atoms with Gasteiger partial charge in [-0.3, -0.25) is 4.90 Å². The Morgan fingerprint density at radius 2 is 2.06 bits per heavy atom. The quantitative estimate of drug-likeness (QED) is 0.737. The van der Waals surface area contributed by atoms with E-state index in [1.54, 1.807) is 0 Å². The Morgan fingerprint density at radius 1 is 1.28 bits per heavy atom. The molecule has 1 aliphatic carbocycles. The minimum atomic E-state index is 0.484. The highest BCUT2D eigenvalue weighted by Crippen LogP contribution is 2.37. The minimum absolute atomic E-state index is 0.484. The molecular weight excluding hydrogens is 224 g/mol. The van der Waals surface area contributed by atoms with Crippen molar-refractivity contribution in [3.8, 4) is 0 Å². The van der Waals surface area contributed by atoms with Crippen LogP contribution in [0.3, 0.4) is 0 Å². The number of ether oxygens (including phenoxy) is 1. The van der Waals surface area contributed by atoms with E-state index in [1.165, 1.54) is 58.2 Å². The highest BCUT2D eigenvalue weighted by Gasteiger charge is 2.42. The number of rotatable bonds is 6. The summed E-state index contributed by atoms with van der Waals surface area (Å²) in [6, 6.07) is 0.698. The van der Waals surface area contributed by atoms with Crippen LogP contribution in [0.1, 0.15) is 52.4 Å². The van der Waals surface area contributed by atoms with Gasteiger partial charge in [-0.1, -0.05) is 19.8 Å². The Kier molecular flexibility index (Phi) is 5.46. The molecule has 0 bridgehead atoms. The molecule has 3 nitrogen and oxygen atoms in total. The predicted molar refractivity (Wildman–Crippen MR) is 76.0 cm³/mol. The fourth-order valence-corrected chi connectivity index (χ4v) is 3.60. The second-order valence-corrected chi connectivity index (χ2v) is 5.91. The fourth-order valence-electron chi connectivity index (χ4n) is 3.60. The lowest BCUT2D eigenvalue weighted by Crippen LogP contribution is -2.63. The largest absolute Gasteiger partial charge is 0.382 e. The van der Waals surface area contributed by atoms with Crippen LogP contribution >= 0.6 is 0 Å².